The lowest BCUT2D eigenvalue weighted by atomic mass is 9.86. The summed E-state index contributed by atoms with van der Waals surface area (Å²) in [6.45, 7) is 8.60. The number of hydrogen-bond donors (Lipinski definition) is 1. The molecule has 0 fully saturated rings. The highest BCUT2D eigenvalue weighted by Gasteiger charge is 2.18. The Balaban J connectivity index is 1.98. The fourth-order valence-corrected chi connectivity index (χ4v) is 3.24. The lowest BCUT2D eigenvalue weighted by Crippen LogP contribution is -2.25. The van der Waals surface area contributed by atoms with Crippen LogP contribution in [-0.4, -0.2) is 32.4 Å². The number of hydrazone groups is 1. The molecular weight excluding hydrogens is 436 g/mol. The van der Waals surface area contributed by atoms with Crippen LogP contribution in [0.3, 0.4) is 0 Å². The normalized spacial score (nSPS) is 11.4. The molecule has 0 aliphatic heterocycles. The number of halogens is 1. The van der Waals surface area contributed by atoms with Gasteiger partial charge in [-0.2, -0.15) is 5.10 Å². The monoisotopic (exact) mass is 462 g/mol. The number of nitrogens with one attached hydrogen (secondary N) is 1. The second-order valence-electron chi connectivity index (χ2n) is 7.30. The van der Waals surface area contributed by atoms with Crippen molar-refractivity contribution in [2.45, 2.75) is 33.1 Å². The molecule has 156 valence electrons. The maximum absolute atomic E-state index is 12.1. The van der Waals surface area contributed by atoms with Crippen molar-refractivity contribution in [3.05, 3.63) is 52.0 Å². The second-order valence-corrected chi connectivity index (χ2v) is 8.15. The number of rotatable bonds is 8. The third-order valence-electron chi connectivity index (χ3n) is 4.00. The number of methoxy groups -OCH3 is 1. The van der Waals surface area contributed by atoms with E-state index in [4.69, 9.17) is 14.2 Å². The molecule has 0 spiro atoms. The number of amides is 1. The molecule has 0 heterocycles. The van der Waals surface area contributed by atoms with Gasteiger partial charge in [-0.3, -0.25) is 4.79 Å². The van der Waals surface area contributed by atoms with Gasteiger partial charge in [-0.05, 0) is 57.6 Å². The van der Waals surface area contributed by atoms with E-state index in [1.165, 1.54) is 6.21 Å². The van der Waals surface area contributed by atoms with Crippen LogP contribution in [0.5, 0.6) is 17.2 Å². The summed E-state index contributed by atoms with van der Waals surface area (Å²) in [6, 6.07) is 11.3. The first-order chi connectivity index (χ1) is 13.8. The molecule has 7 heteroatoms. The van der Waals surface area contributed by atoms with Gasteiger partial charge in [0.25, 0.3) is 5.91 Å². The number of benzene rings is 2. The fraction of sp³-hybridized carbons (Fsp3) is 0.364. The highest BCUT2D eigenvalue weighted by Crippen LogP contribution is 2.36. The summed E-state index contributed by atoms with van der Waals surface area (Å²) in [5.74, 6) is 1.56. The van der Waals surface area contributed by atoms with Crippen LogP contribution < -0.4 is 19.6 Å². The van der Waals surface area contributed by atoms with Gasteiger partial charge in [-0.25, -0.2) is 5.43 Å². The molecule has 0 radical (unpaired) electrons. The molecule has 0 atom stereocenters. The molecule has 6 nitrogen and oxygen atoms in total. The summed E-state index contributed by atoms with van der Waals surface area (Å²) >= 11 is 3.46. The van der Waals surface area contributed by atoms with E-state index in [1.807, 2.05) is 37.3 Å². The number of carbonyl (C=O) groups excluding carboxylic acids is 1. The Hall–Kier alpha value is -2.54. The highest BCUT2D eigenvalue weighted by atomic mass is 79.9. The van der Waals surface area contributed by atoms with Gasteiger partial charge in [0.05, 0.1) is 24.4 Å². The molecule has 0 saturated carbocycles. The van der Waals surface area contributed by atoms with E-state index in [0.29, 0.717) is 23.9 Å². The van der Waals surface area contributed by atoms with Gasteiger partial charge >= 0.3 is 0 Å². The van der Waals surface area contributed by atoms with Gasteiger partial charge in [0.15, 0.2) is 18.1 Å². The number of ether oxygens (including phenoxy) is 3. The molecule has 0 aliphatic rings. The summed E-state index contributed by atoms with van der Waals surface area (Å²) in [7, 11) is 1.57. The molecule has 0 saturated heterocycles. The predicted octanol–water partition coefficient (Wildman–Crippen LogP) is 4.68. The quantitative estimate of drug-likeness (QED) is 0.456. The zero-order valence-corrected chi connectivity index (χ0v) is 19.0. The van der Waals surface area contributed by atoms with Crippen molar-refractivity contribution in [2.75, 3.05) is 20.3 Å². The van der Waals surface area contributed by atoms with Crippen LogP contribution in [0.2, 0.25) is 0 Å². The Morgan fingerprint density at radius 2 is 1.90 bits per heavy atom. The minimum atomic E-state index is -0.345. The standard InChI is InChI=1S/C22H27BrN2O4/c1-6-28-21-17(23)11-15(12-19(21)27-5)13-24-25-20(26)14-29-18-10-8-7-9-16(18)22(2,3)4/h7-13H,6,14H2,1-5H3,(H,25,26)/b24-13+. The van der Waals surface area contributed by atoms with Crippen molar-refractivity contribution in [1.82, 2.24) is 5.43 Å². The van der Waals surface area contributed by atoms with E-state index in [-0.39, 0.29) is 17.9 Å². The zero-order valence-electron chi connectivity index (χ0n) is 17.4. The molecule has 0 aromatic heterocycles. The number of nitrogens with zero attached hydrogens (tertiary/aromatic N) is 1. The summed E-state index contributed by atoms with van der Waals surface area (Å²) in [5.41, 5.74) is 4.19. The molecule has 2 aromatic carbocycles. The third-order valence-corrected chi connectivity index (χ3v) is 4.59. The minimum absolute atomic E-state index is 0.0781. The average Bonchev–Trinajstić information content (AvgIpc) is 2.67. The third kappa shape index (κ3) is 6.49. The van der Waals surface area contributed by atoms with Crippen molar-refractivity contribution in [2.24, 2.45) is 5.10 Å². The van der Waals surface area contributed by atoms with Gasteiger partial charge in [0.1, 0.15) is 5.75 Å². The van der Waals surface area contributed by atoms with Crippen LogP contribution in [0.1, 0.15) is 38.8 Å². The zero-order chi connectivity index (χ0) is 21.4. The Bertz CT molecular complexity index is 876. The van der Waals surface area contributed by atoms with Gasteiger partial charge < -0.3 is 14.2 Å². The topological polar surface area (TPSA) is 69.2 Å². The molecule has 0 aliphatic carbocycles. The molecular formula is C22H27BrN2O4. The van der Waals surface area contributed by atoms with Crippen molar-refractivity contribution < 1.29 is 19.0 Å². The molecule has 0 unspecified atom stereocenters. The predicted molar refractivity (Wildman–Crippen MR) is 118 cm³/mol. The van der Waals surface area contributed by atoms with Gasteiger partial charge in [-0.1, -0.05) is 39.0 Å². The van der Waals surface area contributed by atoms with E-state index in [1.54, 1.807) is 13.2 Å². The molecule has 1 N–H and O–H groups in total. The first kappa shape index (κ1) is 22.7. The Morgan fingerprint density at radius 3 is 2.55 bits per heavy atom. The molecule has 1 amide bonds. The van der Waals surface area contributed by atoms with Crippen LogP contribution in [0.25, 0.3) is 0 Å². The van der Waals surface area contributed by atoms with Crippen LogP contribution >= 0.6 is 15.9 Å². The molecule has 2 aromatic rings. The van der Waals surface area contributed by atoms with Crippen LogP contribution in [0.15, 0.2) is 46.0 Å². The van der Waals surface area contributed by atoms with E-state index in [0.717, 1.165) is 15.6 Å². The average molecular weight is 463 g/mol. The Labute approximate surface area is 180 Å². The first-order valence-corrected chi connectivity index (χ1v) is 10.1. The molecule has 0 bridgehead atoms. The summed E-state index contributed by atoms with van der Waals surface area (Å²) in [4.78, 5) is 12.1. The highest BCUT2D eigenvalue weighted by molar-refractivity contribution is 9.10. The van der Waals surface area contributed by atoms with Gasteiger partial charge in [0, 0.05) is 0 Å². The SMILES string of the molecule is CCOc1c(Br)cc(/C=N/NC(=O)COc2ccccc2C(C)(C)C)cc1OC. The second kappa shape index (κ2) is 10.3. The number of carbonyl (C=O) groups is 1. The Kier molecular flexibility index (Phi) is 8.08. The maximum Gasteiger partial charge on any atom is 0.277 e. The van der Waals surface area contributed by atoms with E-state index in [9.17, 15) is 4.79 Å². The number of para-hydroxylation sites is 1. The maximum atomic E-state index is 12.1. The van der Waals surface area contributed by atoms with Crippen molar-refractivity contribution >= 4 is 28.1 Å². The van der Waals surface area contributed by atoms with Gasteiger partial charge in [-0.15, -0.1) is 0 Å². The van der Waals surface area contributed by atoms with Crippen molar-refractivity contribution in [3.8, 4) is 17.2 Å². The fourth-order valence-electron chi connectivity index (χ4n) is 2.67. The largest absolute Gasteiger partial charge is 0.493 e. The van der Waals surface area contributed by atoms with Crippen molar-refractivity contribution in [1.29, 1.82) is 0 Å². The summed E-state index contributed by atoms with van der Waals surface area (Å²) in [5, 5.41) is 4.00. The van der Waals surface area contributed by atoms with Crippen LogP contribution in [0, 0.1) is 0 Å². The van der Waals surface area contributed by atoms with Crippen LogP contribution in [-0.2, 0) is 10.2 Å². The molecule has 29 heavy (non-hydrogen) atoms. The first-order valence-electron chi connectivity index (χ1n) is 9.30. The lowest BCUT2D eigenvalue weighted by Gasteiger charge is -2.22. The van der Waals surface area contributed by atoms with Crippen molar-refractivity contribution in [3.63, 3.8) is 0 Å². The van der Waals surface area contributed by atoms with E-state index < -0.39 is 0 Å². The van der Waals surface area contributed by atoms with Gasteiger partial charge in [0.2, 0.25) is 0 Å². The summed E-state index contributed by atoms with van der Waals surface area (Å²) < 4.78 is 17.4. The summed E-state index contributed by atoms with van der Waals surface area (Å²) in [6.07, 6.45) is 1.53. The lowest BCUT2D eigenvalue weighted by molar-refractivity contribution is -0.123. The molecule has 2 rings (SSSR count). The van der Waals surface area contributed by atoms with E-state index >= 15 is 0 Å². The Morgan fingerprint density at radius 1 is 1.17 bits per heavy atom. The van der Waals surface area contributed by atoms with E-state index in [2.05, 4.69) is 47.2 Å². The smallest absolute Gasteiger partial charge is 0.277 e. The van der Waals surface area contributed by atoms with Crippen LogP contribution in [0.4, 0.5) is 0 Å². The number of hydrogen-bond acceptors (Lipinski definition) is 5. The minimum Gasteiger partial charge on any atom is -0.493 e.